The number of hydrogen-bond acceptors (Lipinski definition) is 3. The number of aromatic nitrogens is 1. The van der Waals surface area contributed by atoms with Gasteiger partial charge < -0.3 is 9.84 Å². The average Bonchev–Trinajstić information content (AvgIpc) is 2.33. The third-order valence-corrected chi connectivity index (χ3v) is 2.92. The topological polar surface area (TPSA) is 42.4 Å². The van der Waals surface area contributed by atoms with Crippen LogP contribution >= 0.6 is 15.9 Å². The molecule has 1 N–H and O–H groups in total. The van der Waals surface area contributed by atoms with Gasteiger partial charge in [0.1, 0.15) is 11.5 Å². The van der Waals surface area contributed by atoms with Crippen LogP contribution < -0.4 is 4.74 Å². The molecule has 1 aromatic carbocycles. The summed E-state index contributed by atoms with van der Waals surface area (Å²) >= 11 is 3.42. The van der Waals surface area contributed by atoms with Gasteiger partial charge in [-0.15, -0.1) is 0 Å². The fourth-order valence-corrected chi connectivity index (χ4v) is 1.87. The first-order valence-electron chi connectivity index (χ1n) is 5.22. The van der Waals surface area contributed by atoms with Gasteiger partial charge in [0.2, 0.25) is 0 Å². The van der Waals surface area contributed by atoms with E-state index in [9.17, 15) is 5.11 Å². The van der Waals surface area contributed by atoms with Crippen LogP contribution in [0.5, 0.6) is 11.5 Å². The van der Waals surface area contributed by atoms with Crippen molar-refractivity contribution >= 4 is 15.9 Å². The molecule has 0 unspecified atom stereocenters. The van der Waals surface area contributed by atoms with E-state index in [1.807, 2.05) is 30.3 Å². The molecule has 0 saturated heterocycles. The van der Waals surface area contributed by atoms with Crippen molar-refractivity contribution in [1.29, 1.82) is 0 Å². The molecule has 3 nitrogen and oxygen atoms in total. The number of aliphatic hydroxyl groups is 1. The predicted molar refractivity (Wildman–Crippen MR) is 69.1 cm³/mol. The van der Waals surface area contributed by atoms with E-state index in [0.717, 1.165) is 10.0 Å². The Hall–Kier alpha value is -1.39. The Morgan fingerprint density at radius 2 is 2.18 bits per heavy atom. The van der Waals surface area contributed by atoms with E-state index < -0.39 is 6.10 Å². The molecule has 0 aliphatic rings. The summed E-state index contributed by atoms with van der Waals surface area (Å²) in [5.41, 5.74) is 0.843. The van der Waals surface area contributed by atoms with Crippen molar-refractivity contribution < 1.29 is 9.84 Å². The second-order valence-corrected chi connectivity index (χ2v) is 4.51. The van der Waals surface area contributed by atoms with Gasteiger partial charge in [-0.05, 0) is 52.7 Å². The van der Waals surface area contributed by atoms with E-state index in [0.29, 0.717) is 11.5 Å². The molecule has 2 rings (SSSR count). The van der Waals surface area contributed by atoms with Gasteiger partial charge in [0.05, 0.1) is 16.8 Å². The van der Waals surface area contributed by atoms with Gasteiger partial charge in [-0.3, -0.25) is 4.98 Å². The number of nitrogens with zero attached hydrogens (tertiary/aromatic N) is 1. The van der Waals surface area contributed by atoms with Gasteiger partial charge in [-0.25, -0.2) is 0 Å². The largest absolute Gasteiger partial charge is 0.455 e. The highest BCUT2D eigenvalue weighted by molar-refractivity contribution is 9.10. The van der Waals surface area contributed by atoms with Gasteiger partial charge in [0.15, 0.2) is 0 Å². The first kappa shape index (κ1) is 12.1. The Labute approximate surface area is 108 Å². The monoisotopic (exact) mass is 293 g/mol. The molecule has 0 fully saturated rings. The molecule has 0 bridgehead atoms. The maximum Gasteiger partial charge on any atom is 0.145 e. The summed E-state index contributed by atoms with van der Waals surface area (Å²) in [6, 6.07) is 9.14. The van der Waals surface area contributed by atoms with Crippen LogP contribution in [0.15, 0.2) is 47.2 Å². The third kappa shape index (κ3) is 3.05. The number of halogens is 1. The molecule has 17 heavy (non-hydrogen) atoms. The fraction of sp³-hybridized carbons (Fsp3) is 0.154. The van der Waals surface area contributed by atoms with Crippen LogP contribution in [-0.2, 0) is 0 Å². The van der Waals surface area contributed by atoms with E-state index in [-0.39, 0.29) is 0 Å². The Bertz CT molecular complexity index is 500. The summed E-state index contributed by atoms with van der Waals surface area (Å²) in [5, 5.41) is 9.46. The van der Waals surface area contributed by atoms with Crippen molar-refractivity contribution in [1.82, 2.24) is 4.98 Å². The highest BCUT2D eigenvalue weighted by Gasteiger charge is 2.07. The van der Waals surface area contributed by atoms with E-state index in [1.54, 1.807) is 19.3 Å². The Balaban J connectivity index is 2.23. The van der Waals surface area contributed by atoms with Crippen LogP contribution in [0.25, 0.3) is 0 Å². The second kappa shape index (κ2) is 5.29. The summed E-state index contributed by atoms with van der Waals surface area (Å²) in [4.78, 5) is 3.98. The van der Waals surface area contributed by atoms with Gasteiger partial charge in [-0.1, -0.05) is 6.07 Å². The molecule has 0 radical (unpaired) electrons. The van der Waals surface area contributed by atoms with Crippen molar-refractivity contribution in [3.05, 3.63) is 52.8 Å². The van der Waals surface area contributed by atoms with Crippen molar-refractivity contribution in [2.24, 2.45) is 0 Å². The number of rotatable bonds is 3. The molecule has 0 spiro atoms. The summed E-state index contributed by atoms with van der Waals surface area (Å²) in [6.45, 7) is 1.73. The minimum absolute atomic E-state index is 0.487. The van der Waals surface area contributed by atoms with E-state index in [1.165, 1.54) is 0 Å². The number of hydrogen-bond donors (Lipinski definition) is 1. The minimum Gasteiger partial charge on any atom is -0.455 e. The highest BCUT2D eigenvalue weighted by atomic mass is 79.9. The normalized spacial score (nSPS) is 12.2. The van der Waals surface area contributed by atoms with Gasteiger partial charge in [0, 0.05) is 6.20 Å². The maximum atomic E-state index is 9.46. The molecule has 0 aliphatic heterocycles. The van der Waals surface area contributed by atoms with Gasteiger partial charge in [0.25, 0.3) is 0 Å². The molecule has 2 aromatic rings. The quantitative estimate of drug-likeness (QED) is 0.938. The van der Waals surface area contributed by atoms with Crippen LogP contribution in [0.3, 0.4) is 0 Å². The molecule has 1 aromatic heterocycles. The zero-order valence-electron chi connectivity index (χ0n) is 9.30. The van der Waals surface area contributed by atoms with Crippen molar-refractivity contribution in [3.63, 3.8) is 0 Å². The minimum atomic E-state index is -0.487. The predicted octanol–water partition coefficient (Wildman–Crippen LogP) is 3.69. The lowest BCUT2D eigenvalue weighted by atomic mass is 10.1. The Morgan fingerprint density at radius 1 is 1.35 bits per heavy atom. The molecule has 88 valence electrons. The van der Waals surface area contributed by atoms with Crippen LogP contribution in [0.2, 0.25) is 0 Å². The highest BCUT2D eigenvalue weighted by Crippen LogP contribution is 2.31. The molecule has 0 amide bonds. The number of ether oxygens (including phenoxy) is 1. The van der Waals surface area contributed by atoms with Crippen LogP contribution in [0, 0.1) is 0 Å². The molecular weight excluding hydrogens is 282 g/mol. The van der Waals surface area contributed by atoms with E-state index in [4.69, 9.17) is 4.74 Å². The van der Waals surface area contributed by atoms with Crippen LogP contribution in [-0.4, -0.2) is 10.1 Å². The number of pyridine rings is 1. The van der Waals surface area contributed by atoms with Crippen molar-refractivity contribution in [2.75, 3.05) is 0 Å². The maximum absolute atomic E-state index is 9.46. The smallest absolute Gasteiger partial charge is 0.145 e. The molecular formula is C13H12BrNO2. The first-order valence-corrected chi connectivity index (χ1v) is 6.01. The average molecular weight is 294 g/mol. The summed E-state index contributed by atoms with van der Waals surface area (Å²) in [6.07, 6.45) is 2.85. The number of aliphatic hydroxyl groups excluding tert-OH is 1. The summed E-state index contributed by atoms with van der Waals surface area (Å²) in [5.74, 6) is 1.38. The number of benzene rings is 1. The summed E-state index contributed by atoms with van der Waals surface area (Å²) < 4.78 is 6.46. The van der Waals surface area contributed by atoms with E-state index >= 15 is 0 Å². The fourth-order valence-electron chi connectivity index (χ4n) is 1.39. The lowest BCUT2D eigenvalue weighted by Crippen LogP contribution is -1.92. The van der Waals surface area contributed by atoms with Crippen molar-refractivity contribution in [2.45, 2.75) is 13.0 Å². The summed E-state index contributed by atoms with van der Waals surface area (Å²) in [7, 11) is 0. The van der Waals surface area contributed by atoms with Gasteiger partial charge in [-0.2, -0.15) is 0 Å². The molecule has 1 heterocycles. The van der Waals surface area contributed by atoms with E-state index in [2.05, 4.69) is 20.9 Å². The lowest BCUT2D eigenvalue weighted by Gasteiger charge is -2.10. The second-order valence-electron chi connectivity index (χ2n) is 3.66. The SMILES string of the molecule is C[C@H](O)c1ccc(Oc2cccnc2)c(Br)c1. The van der Waals surface area contributed by atoms with Crippen LogP contribution in [0.4, 0.5) is 0 Å². The lowest BCUT2D eigenvalue weighted by molar-refractivity contribution is 0.199. The molecule has 0 saturated carbocycles. The Morgan fingerprint density at radius 3 is 2.76 bits per heavy atom. The first-order chi connectivity index (χ1) is 8.16. The standard InChI is InChI=1S/C13H12BrNO2/c1-9(16)10-4-5-13(12(14)7-10)17-11-3-2-6-15-8-11/h2-9,16H,1H3/t9-/m0/s1. The molecule has 0 aliphatic carbocycles. The molecule has 4 heteroatoms. The van der Waals surface area contributed by atoms with Crippen molar-refractivity contribution in [3.8, 4) is 11.5 Å². The zero-order chi connectivity index (χ0) is 12.3. The third-order valence-electron chi connectivity index (χ3n) is 2.30. The Kier molecular flexibility index (Phi) is 3.76. The van der Waals surface area contributed by atoms with Crippen LogP contribution in [0.1, 0.15) is 18.6 Å². The molecule has 1 atom stereocenters. The zero-order valence-corrected chi connectivity index (χ0v) is 10.9. The van der Waals surface area contributed by atoms with Gasteiger partial charge >= 0.3 is 0 Å².